The topological polar surface area (TPSA) is 28.2 Å². The highest BCUT2D eigenvalue weighted by Gasteiger charge is 2.34. The van der Waals surface area contributed by atoms with Gasteiger partial charge in [0.25, 0.3) is 0 Å². The predicted octanol–water partition coefficient (Wildman–Crippen LogP) is 6.25. The third-order valence-electron chi connectivity index (χ3n) is 4.18. The van der Waals surface area contributed by atoms with E-state index in [9.17, 15) is 17.6 Å². The Labute approximate surface area is 172 Å². The molecule has 2 rings (SSSR count). The first-order valence-electron chi connectivity index (χ1n) is 8.59. The van der Waals surface area contributed by atoms with E-state index in [-0.39, 0.29) is 16.7 Å². The van der Waals surface area contributed by atoms with Gasteiger partial charge in [0.15, 0.2) is 11.6 Å². The highest BCUT2D eigenvalue weighted by molar-refractivity contribution is 6.31. The summed E-state index contributed by atoms with van der Waals surface area (Å²) in [5, 5.41) is 2.25. The normalized spacial score (nSPS) is 11.9. The lowest BCUT2D eigenvalue weighted by Gasteiger charge is -2.25. The first kappa shape index (κ1) is 22.5. The van der Waals surface area contributed by atoms with E-state index in [0.717, 1.165) is 34.4 Å². The van der Waals surface area contributed by atoms with Gasteiger partial charge in [-0.25, -0.2) is 9.37 Å². The maximum atomic E-state index is 14.6. The van der Waals surface area contributed by atoms with Crippen molar-refractivity contribution in [2.45, 2.75) is 26.4 Å². The Morgan fingerprint density at radius 1 is 1.31 bits per heavy atom. The lowest BCUT2D eigenvalue weighted by atomic mass is 10.0. The summed E-state index contributed by atoms with van der Waals surface area (Å²) >= 11 is 6.16. The van der Waals surface area contributed by atoms with Crippen molar-refractivity contribution in [3.63, 3.8) is 0 Å². The molecule has 0 fully saturated rings. The highest BCUT2D eigenvalue weighted by atomic mass is 35.5. The zero-order valence-corrected chi connectivity index (χ0v) is 16.7. The summed E-state index contributed by atoms with van der Waals surface area (Å²) in [5.74, 6) is -1.34. The number of aryl methyl sites for hydroxylation is 1. The standard InChI is InChI=1S/C21H20ClF4N3/c1-5-19(21(24,25)26)27-14(4)29(6-2)20-17(23)12-16(22)18(28-20)11-15-10-8-7-9-13(15)3/h5-10,12,27H,2,4,11H2,1,3H3/b19-5-. The summed E-state index contributed by atoms with van der Waals surface area (Å²) in [4.78, 5) is 5.24. The number of alkyl halides is 3. The Bertz CT molecular complexity index is 951. The van der Waals surface area contributed by atoms with Gasteiger partial charge in [-0.15, -0.1) is 0 Å². The van der Waals surface area contributed by atoms with Crippen molar-refractivity contribution in [2.24, 2.45) is 0 Å². The van der Waals surface area contributed by atoms with Gasteiger partial charge in [0.05, 0.1) is 10.7 Å². The summed E-state index contributed by atoms with van der Waals surface area (Å²) < 4.78 is 53.6. The molecule has 0 atom stereocenters. The van der Waals surface area contributed by atoms with Gasteiger partial charge in [0.2, 0.25) is 0 Å². The number of halogens is 5. The molecule has 0 aliphatic heterocycles. The van der Waals surface area contributed by atoms with Gasteiger partial charge in [-0.05, 0) is 31.0 Å². The molecule has 1 N–H and O–H groups in total. The molecule has 1 aromatic heterocycles. The molecule has 0 amide bonds. The van der Waals surface area contributed by atoms with Crippen LogP contribution < -0.4 is 10.2 Å². The van der Waals surface area contributed by atoms with Crippen LogP contribution in [0.1, 0.15) is 23.7 Å². The van der Waals surface area contributed by atoms with E-state index < -0.39 is 17.7 Å². The molecule has 0 spiro atoms. The van der Waals surface area contributed by atoms with Crippen LogP contribution in [0.15, 0.2) is 67.3 Å². The molecule has 0 saturated heterocycles. The summed E-state index contributed by atoms with van der Waals surface area (Å²) in [6.07, 6.45) is -2.32. The number of hydrogen-bond donors (Lipinski definition) is 1. The zero-order valence-electron chi connectivity index (χ0n) is 15.9. The van der Waals surface area contributed by atoms with Gasteiger partial charge in [0.1, 0.15) is 11.5 Å². The minimum Gasteiger partial charge on any atom is -0.338 e. The Morgan fingerprint density at radius 3 is 2.52 bits per heavy atom. The highest BCUT2D eigenvalue weighted by Crippen LogP contribution is 2.29. The lowest BCUT2D eigenvalue weighted by Crippen LogP contribution is -2.33. The summed E-state index contributed by atoms with van der Waals surface area (Å²) in [7, 11) is 0. The van der Waals surface area contributed by atoms with E-state index in [2.05, 4.69) is 23.5 Å². The van der Waals surface area contributed by atoms with Crippen LogP contribution in [-0.2, 0) is 6.42 Å². The SMILES string of the molecule is C=CN(C(=C)N/C(=C\C)C(F)(F)F)c1nc(Cc2ccccc2C)c(Cl)cc1F. The van der Waals surface area contributed by atoms with Crippen molar-refractivity contribution >= 4 is 17.4 Å². The van der Waals surface area contributed by atoms with Crippen LogP contribution in [0.4, 0.5) is 23.4 Å². The molecule has 2 aromatic rings. The number of pyridine rings is 1. The van der Waals surface area contributed by atoms with Crippen molar-refractivity contribution < 1.29 is 17.6 Å². The quantitative estimate of drug-likeness (QED) is 0.531. The number of nitrogens with one attached hydrogen (secondary N) is 1. The minimum atomic E-state index is -4.62. The van der Waals surface area contributed by atoms with E-state index in [1.807, 2.05) is 31.2 Å². The fraction of sp³-hybridized carbons (Fsp3) is 0.190. The maximum Gasteiger partial charge on any atom is 0.430 e. The molecule has 0 bridgehead atoms. The molecule has 0 unspecified atom stereocenters. The third kappa shape index (κ3) is 5.38. The molecule has 1 aromatic carbocycles. The van der Waals surface area contributed by atoms with Crippen LogP contribution in [0.25, 0.3) is 0 Å². The predicted molar refractivity (Wildman–Crippen MR) is 108 cm³/mol. The van der Waals surface area contributed by atoms with Crippen LogP contribution in [0.2, 0.25) is 5.02 Å². The van der Waals surface area contributed by atoms with Crippen molar-refractivity contribution in [3.8, 4) is 0 Å². The largest absolute Gasteiger partial charge is 0.430 e. The lowest BCUT2D eigenvalue weighted by molar-refractivity contribution is -0.0959. The summed E-state index contributed by atoms with van der Waals surface area (Å²) in [6, 6.07) is 8.63. The molecular formula is C21H20ClF4N3. The number of aromatic nitrogens is 1. The first-order chi connectivity index (χ1) is 13.6. The molecule has 8 heteroatoms. The Hall–Kier alpha value is -2.80. The number of anilines is 1. The van der Waals surface area contributed by atoms with Crippen molar-refractivity contribution in [2.75, 3.05) is 4.90 Å². The van der Waals surface area contributed by atoms with Gasteiger partial charge in [-0.3, -0.25) is 4.90 Å². The second kappa shape index (κ2) is 9.13. The van der Waals surface area contributed by atoms with Gasteiger partial charge in [0, 0.05) is 12.6 Å². The second-order valence-electron chi connectivity index (χ2n) is 6.15. The monoisotopic (exact) mass is 425 g/mol. The zero-order chi connectivity index (χ0) is 21.8. The average molecular weight is 426 g/mol. The van der Waals surface area contributed by atoms with Crippen molar-refractivity contribution in [3.05, 3.63) is 94.9 Å². The Morgan fingerprint density at radius 2 is 1.97 bits per heavy atom. The molecule has 0 aliphatic rings. The first-order valence-corrected chi connectivity index (χ1v) is 8.97. The Balaban J connectivity index is 2.40. The third-order valence-corrected chi connectivity index (χ3v) is 4.50. The Kier molecular flexibility index (Phi) is 7.08. The van der Waals surface area contributed by atoms with Crippen LogP contribution in [-0.4, -0.2) is 11.2 Å². The van der Waals surface area contributed by atoms with E-state index in [0.29, 0.717) is 12.1 Å². The number of benzene rings is 1. The van der Waals surface area contributed by atoms with Crippen LogP contribution >= 0.6 is 11.6 Å². The summed E-state index contributed by atoms with van der Waals surface area (Å²) in [6.45, 7) is 10.2. The molecule has 0 radical (unpaired) electrons. The fourth-order valence-electron chi connectivity index (χ4n) is 2.62. The molecule has 29 heavy (non-hydrogen) atoms. The van der Waals surface area contributed by atoms with Crippen molar-refractivity contribution in [1.29, 1.82) is 0 Å². The van der Waals surface area contributed by atoms with E-state index in [1.165, 1.54) is 6.92 Å². The average Bonchev–Trinajstić information content (AvgIpc) is 2.64. The van der Waals surface area contributed by atoms with E-state index in [1.54, 1.807) is 0 Å². The van der Waals surface area contributed by atoms with Gasteiger partial charge in [-0.1, -0.05) is 55.1 Å². The second-order valence-corrected chi connectivity index (χ2v) is 6.56. The minimum absolute atomic E-state index is 0.113. The van der Waals surface area contributed by atoms with Crippen LogP contribution in [0, 0.1) is 12.7 Å². The summed E-state index contributed by atoms with van der Waals surface area (Å²) in [5.41, 5.74) is 1.28. The molecule has 1 heterocycles. The van der Waals surface area contributed by atoms with E-state index >= 15 is 0 Å². The number of nitrogens with zero attached hydrogens (tertiary/aromatic N) is 2. The number of hydrogen-bond acceptors (Lipinski definition) is 3. The van der Waals surface area contributed by atoms with E-state index in [4.69, 9.17) is 11.6 Å². The van der Waals surface area contributed by atoms with Gasteiger partial charge in [-0.2, -0.15) is 13.2 Å². The molecule has 0 saturated carbocycles. The maximum absolute atomic E-state index is 14.6. The van der Waals surface area contributed by atoms with Crippen LogP contribution in [0.5, 0.6) is 0 Å². The molecular weight excluding hydrogens is 406 g/mol. The van der Waals surface area contributed by atoms with Crippen molar-refractivity contribution in [1.82, 2.24) is 10.3 Å². The molecule has 0 aliphatic carbocycles. The molecule has 3 nitrogen and oxygen atoms in total. The van der Waals surface area contributed by atoms with Gasteiger partial charge < -0.3 is 5.32 Å². The number of rotatable bonds is 7. The van der Waals surface area contributed by atoms with Gasteiger partial charge >= 0.3 is 6.18 Å². The molecule has 154 valence electrons. The smallest absolute Gasteiger partial charge is 0.338 e. The number of allylic oxidation sites excluding steroid dienone is 2. The fourth-order valence-corrected chi connectivity index (χ4v) is 2.83. The van der Waals surface area contributed by atoms with Crippen LogP contribution in [0.3, 0.4) is 0 Å².